The number of hydrogen-bond acceptors (Lipinski definition) is 8. The lowest BCUT2D eigenvalue weighted by Crippen LogP contribution is -2.44. The summed E-state index contributed by atoms with van der Waals surface area (Å²) in [6.07, 6.45) is 12.9. The topological polar surface area (TPSA) is 157 Å². The van der Waals surface area contributed by atoms with E-state index in [4.69, 9.17) is 4.74 Å². The van der Waals surface area contributed by atoms with Crippen molar-refractivity contribution in [3.05, 3.63) is 39.8 Å². The number of aryl methyl sites for hydroxylation is 2. The van der Waals surface area contributed by atoms with E-state index in [0.717, 1.165) is 76.4 Å². The zero-order valence-electron chi connectivity index (χ0n) is 39.5. The lowest BCUT2D eigenvalue weighted by Gasteiger charge is -2.40. The fourth-order valence-electron chi connectivity index (χ4n) is 11.3. The maximum atomic E-state index is 14.0. The predicted molar refractivity (Wildman–Crippen MR) is 244 cm³/mol. The van der Waals surface area contributed by atoms with Gasteiger partial charge in [-0.25, -0.2) is 14.6 Å². The molecule has 1 amide bonds. The van der Waals surface area contributed by atoms with Crippen LogP contribution in [0, 0.1) is 58.7 Å². The molecule has 2 fully saturated rings. The number of hydrogen-bond donors (Lipinski definition) is 3. The van der Waals surface area contributed by atoms with E-state index in [9.17, 15) is 29.1 Å². The fraction of sp³-hybridized carbons (Fsp3) is 0.760. The number of unbranched alkanes of at least 4 members (excludes halogenated alkanes) is 1. The second-order valence-electron chi connectivity index (χ2n) is 20.2. The van der Waals surface area contributed by atoms with Crippen LogP contribution in [0.3, 0.4) is 0 Å². The average Bonchev–Trinajstić information content (AvgIpc) is 3.59. The Hall–Kier alpha value is -3.60. The highest BCUT2D eigenvalue weighted by Crippen LogP contribution is 2.44. The summed E-state index contributed by atoms with van der Waals surface area (Å²) in [6, 6.07) is 1.40. The van der Waals surface area contributed by atoms with E-state index >= 15 is 0 Å². The quantitative estimate of drug-likeness (QED) is 0.124. The van der Waals surface area contributed by atoms with Crippen molar-refractivity contribution in [2.24, 2.45) is 58.7 Å². The number of fused-ring (bicyclic) bond motifs is 2. The Labute approximate surface area is 366 Å². The summed E-state index contributed by atoms with van der Waals surface area (Å²) in [7, 11) is 0. The first-order valence-corrected chi connectivity index (χ1v) is 23.8. The van der Waals surface area contributed by atoms with Gasteiger partial charge in [-0.3, -0.25) is 14.4 Å². The van der Waals surface area contributed by atoms with Crippen molar-refractivity contribution >= 4 is 34.7 Å². The molecule has 0 bridgehead atoms. The molecule has 1 saturated carbocycles. The van der Waals surface area contributed by atoms with Crippen molar-refractivity contribution in [2.45, 2.75) is 172 Å². The molecule has 11 atom stereocenters. The number of carboxylic acid groups (broad SMARTS) is 1. The number of amides is 1. The first-order chi connectivity index (χ1) is 28.8. The molecule has 1 aliphatic heterocycles. The monoisotopic (exact) mass is 849 g/mol. The Balaban J connectivity index is 1.30. The fourth-order valence-corrected chi connectivity index (χ4v) is 11.3. The molecular formula is C50H80N4O7. The maximum Gasteiger partial charge on any atom is 0.407 e. The van der Waals surface area contributed by atoms with Gasteiger partial charge in [0.15, 0.2) is 0 Å². The summed E-state index contributed by atoms with van der Waals surface area (Å²) in [5.74, 6) is 1.35. The molecule has 4 rings (SSSR count). The number of aromatic carboxylic acids is 1. The number of ether oxygens (including phenoxy) is 1. The summed E-state index contributed by atoms with van der Waals surface area (Å²) in [6.45, 7) is 26.7. The van der Waals surface area contributed by atoms with Crippen LogP contribution in [0.2, 0.25) is 0 Å². The van der Waals surface area contributed by atoms with Crippen LogP contribution >= 0.6 is 0 Å². The minimum absolute atomic E-state index is 0.0342. The smallest absolute Gasteiger partial charge is 0.407 e. The largest absolute Gasteiger partial charge is 0.477 e. The molecule has 0 aromatic carbocycles. The van der Waals surface area contributed by atoms with Gasteiger partial charge in [0.05, 0.1) is 11.4 Å². The molecular weight excluding hydrogens is 769 g/mol. The number of ketones is 2. The van der Waals surface area contributed by atoms with Gasteiger partial charge in [-0.1, -0.05) is 82.1 Å². The van der Waals surface area contributed by atoms with E-state index in [1.54, 1.807) is 16.8 Å². The number of rotatable bonds is 18. The zero-order chi connectivity index (χ0) is 45.2. The van der Waals surface area contributed by atoms with Crippen LogP contribution in [-0.4, -0.2) is 63.5 Å². The number of nitrogens with one attached hydrogen (secondary N) is 2. The highest BCUT2D eigenvalue weighted by molar-refractivity contribution is 5.91. The van der Waals surface area contributed by atoms with Gasteiger partial charge < -0.3 is 25.0 Å². The molecule has 3 heterocycles. The van der Waals surface area contributed by atoms with E-state index < -0.39 is 29.6 Å². The Bertz CT molecular complexity index is 1860. The normalized spacial score (nSPS) is 28.2. The molecule has 3 N–H and O–H groups in total. The van der Waals surface area contributed by atoms with Crippen molar-refractivity contribution in [3.8, 4) is 0 Å². The highest BCUT2D eigenvalue weighted by Gasteiger charge is 2.44. The average molecular weight is 849 g/mol. The number of carbonyl (C=O) groups excluding carboxylic acids is 3. The van der Waals surface area contributed by atoms with E-state index in [2.05, 4.69) is 71.0 Å². The van der Waals surface area contributed by atoms with Gasteiger partial charge in [-0.2, -0.15) is 0 Å². The van der Waals surface area contributed by atoms with Crippen LogP contribution in [0.15, 0.2) is 23.3 Å². The van der Waals surface area contributed by atoms with Gasteiger partial charge in [0.2, 0.25) is 5.43 Å². The zero-order valence-corrected chi connectivity index (χ0v) is 39.5. The summed E-state index contributed by atoms with van der Waals surface area (Å²) in [5.41, 5.74) is 0.705. The molecule has 11 heteroatoms. The molecule has 342 valence electrons. The Morgan fingerprint density at radius 1 is 1.02 bits per heavy atom. The second-order valence-corrected chi connectivity index (χ2v) is 20.2. The molecule has 1 aliphatic carbocycles. The van der Waals surface area contributed by atoms with E-state index in [1.807, 2.05) is 20.8 Å². The number of pyridine rings is 2. The number of nitrogens with zero attached hydrogens (tertiary/aromatic N) is 2. The van der Waals surface area contributed by atoms with Gasteiger partial charge in [0.1, 0.15) is 28.9 Å². The standard InChI is InChI=1S/C50H80N4O7/c1-12-50(11)26-33(7)39(35(9)42(55)19-20-43-44(53-49(60)61-43)36(10)45(56)34(8)27-50)24-31(5)23-32(6)38(30(3)4)18-14-15-21-51-22-16-17-37-25-40-46(57)41(48(58)59)29-54(13-2)47(40)52-28-37/h25,28-36,38-39,43-44,51H,12-24,26-27H2,1-11H3,(H,53,60)(H,58,59)/t31-,32?,33-,34-,35?,36-,38+,39+,43?,44?,50?/m1/s1. The molecule has 0 radical (unpaired) electrons. The SMILES string of the molecule is CCn1cc(C(=O)O)c(=O)c2cc(CCCNCCCC[C@@H](C(C)C)C(C)C[C@@H](C)C[C@@H]3C(C)C(=O)CCC4OC(=O)NC4[C@@H](C)C(=O)[C@H](C)CC(C)(CC)C[C@H]3C)cnc21. The first kappa shape index (κ1) is 50.0. The molecule has 5 unspecified atom stereocenters. The van der Waals surface area contributed by atoms with Crippen molar-refractivity contribution < 1.29 is 29.0 Å². The van der Waals surface area contributed by atoms with Crippen molar-refractivity contribution in [1.82, 2.24) is 20.2 Å². The van der Waals surface area contributed by atoms with Crippen LogP contribution in [0.1, 0.15) is 163 Å². The van der Waals surface area contributed by atoms with Gasteiger partial charge >= 0.3 is 12.1 Å². The van der Waals surface area contributed by atoms with Crippen LogP contribution < -0.4 is 16.1 Å². The number of alkyl carbamates (subject to hydrolysis) is 1. The van der Waals surface area contributed by atoms with E-state index in [0.29, 0.717) is 60.0 Å². The second kappa shape index (κ2) is 22.7. The summed E-state index contributed by atoms with van der Waals surface area (Å²) < 4.78 is 7.35. The Morgan fingerprint density at radius 3 is 2.38 bits per heavy atom. The molecule has 61 heavy (non-hydrogen) atoms. The molecule has 2 aromatic rings. The number of carboxylic acids is 1. The van der Waals surface area contributed by atoms with Crippen LogP contribution in [0.25, 0.3) is 11.0 Å². The van der Waals surface area contributed by atoms with Gasteiger partial charge in [-0.05, 0) is 130 Å². The van der Waals surface area contributed by atoms with Crippen LogP contribution in [0.4, 0.5) is 4.79 Å². The molecule has 11 nitrogen and oxygen atoms in total. The highest BCUT2D eigenvalue weighted by atomic mass is 16.6. The third-order valence-electron chi connectivity index (χ3n) is 15.0. The van der Waals surface area contributed by atoms with Crippen molar-refractivity contribution in [2.75, 3.05) is 13.1 Å². The molecule has 0 spiro atoms. The molecule has 1 saturated heterocycles. The Kier molecular flexibility index (Phi) is 18.6. The third kappa shape index (κ3) is 13.2. The number of Topliss-reactive ketones (excluding diaryl/α,β-unsaturated/α-hetero) is 2. The Morgan fingerprint density at radius 2 is 1.72 bits per heavy atom. The van der Waals surface area contributed by atoms with Gasteiger partial charge in [0, 0.05) is 43.1 Å². The minimum Gasteiger partial charge on any atom is -0.477 e. The van der Waals surface area contributed by atoms with E-state index in [1.165, 1.54) is 12.6 Å². The molecule has 2 aromatic heterocycles. The van der Waals surface area contributed by atoms with Crippen LogP contribution in [-0.2, 0) is 27.3 Å². The third-order valence-corrected chi connectivity index (χ3v) is 15.0. The number of carbonyl (C=O) groups is 4. The van der Waals surface area contributed by atoms with Crippen molar-refractivity contribution in [1.29, 1.82) is 0 Å². The minimum atomic E-state index is -1.22. The summed E-state index contributed by atoms with van der Waals surface area (Å²) >= 11 is 0. The van der Waals surface area contributed by atoms with Gasteiger partial charge in [0.25, 0.3) is 0 Å². The van der Waals surface area contributed by atoms with Gasteiger partial charge in [-0.15, -0.1) is 0 Å². The summed E-state index contributed by atoms with van der Waals surface area (Å²) in [4.78, 5) is 69.1. The first-order valence-electron chi connectivity index (χ1n) is 23.8. The maximum absolute atomic E-state index is 14.0. The summed E-state index contributed by atoms with van der Waals surface area (Å²) in [5, 5.41) is 16.4. The predicted octanol–water partition coefficient (Wildman–Crippen LogP) is 9.90. The van der Waals surface area contributed by atoms with E-state index in [-0.39, 0.29) is 46.2 Å². The van der Waals surface area contributed by atoms with Crippen LogP contribution in [0.5, 0.6) is 0 Å². The molecule has 2 aliphatic rings. The lowest BCUT2D eigenvalue weighted by atomic mass is 9.65. The lowest BCUT2D eigenvalue weighted by molar-refractivity contribution is -0.128. The van der Waals surface area contributed by atoms with Crippen molar-refractivity contribution in [3.63, 3.8) is 0 Å². The number of aromatic nitrogens is 2.